The highest BCUT2D eigenvalue weighted by Gasteiger charge is 2.46. The van der Waals surface area contributed by atoms with E-state index in [-0.39, 0.29) is 5.57 Å². The van der Waals surface area contributed by atoms with Crippen LogP contribution in [0.2, 0.25) is 0 Å². The minimum absolute atomic E-state index is 0.0324. The van der Waals surface area contributed by atoms with Crippen LogP contribution < -0.4 is 9.64 Å². The van der Waals surface area contributed by atoms with Crippen molar-refractivity contribution >= 4 is 39.6 Å². The molecular formula is C31H25N3O4S. The summed E-state index contributed by atoms with van der Waals surface area (Å²) in [5, 5.41) is 12.8. The van der Waals surface area contributed by atoms with E-state index in [1.54, 1.807) is 37.4 Å². The Labute approximate surface area is 229 Å². The lowest BCUT2D eigenvalue weighted by atomic mass is 9.94. The Morgan fingerprint density at radius 2 is 1.77 bits per heavy atom. The summed E-state index contributed by atoms with van der Waals surface area (Å²) in [5.41, 5.74) is 3.60. The van der Waals surface area contributed by atoms with Crippen LogP contribution in [0.25, 0.3) is 21.5 Å². The summed E-state index contributed by atoms with van der Waals surface area (Å²) in [4.78, 5) is 37.5. The van der Waals surface area contributed by atoms with Gasteiger partial charge >= 0.3 is 0 Å². The highest BCUT2D eigenvalue weighted by molar-refractivity contribution is 7.17. The second-order valence-electron chi connectivity index (χ2n) is 9.19. The first-order chi connectivity index (χ1) is 19.0. The molecule has 5 aromatic rings. The van der Waals surface area contributed by atoms with Crippen LogP contribution in [0.4, 0.5) is 5.69 Å². The number of aliphatic hydroxyl groups excluding tert-OH is 1. The van der Waals surface area contributed by atoms with Crippen molar-refractivity contribution in [2.75, 3.05) is 11.5 Å². The van der Waals surface area contributed by atoms with Crippen molar-refractivity contribution in [1.82, 2.24) is 9.97 Å². The van der Waals surface area contributed by atoms with Gasteiger partial charge in [-0.05, 0) is 44.2 Å². The van der Waals surface area contributed by atoms with E-state index in [4.69, 9.17) is 4.74 Å². The molecule has 1 amide bonds. The Hall–Kier alpha value is -4.69. The molecule has 3 aromatic carbocycles. The number of anilines is 1. The Kier molecular flexibility index (Phi) is 6.24. The molecule has 0 bridgehead atoms. The molecule has 0 spiro atoms. The number of aliphatic hydroxyl groups is 1. The summed E-state index contributed by atoms with van der Waals surface area (Å²) in [6.07, 6.45) is 1.80. The zero-order chi connectivity index (χ0) is 27.1. The lowest BCUT2D eigenvalue weighted by molar-refractivity contribution is -0.117. The third-order valence-corrected chi connectivity index (χ3v) is 8.02. The van der Waals surface area contributed by atoms with Gasteiger partial charge in [0, 0.05) is 33.9 Å². The highest BCUT2D eigenvalue weighted by Crippen LogP contribution is 2.45. The van der Waals surface area contributed by atoms with Gasteiger partial charge in [-0.2, -0.15) is 0 Å². The first kappa shape index (κ1) is 24.6. The van der Waals surface area contributed by atoms with Gasteiger partial charge < -0.3 is 14.8 Å². The van der Waals surface area contributed by atoms with Crippen LogP contribution >= 0.6 is 11.3 Å². The fourth-order valence-electron chi connectivity index (χ4n) is 5.02. The first-order valence-electron chi connectivity index (χ1n) is 12.6. The van der Waals surface area contributed by atoms with Crippen molar-refractivity contribution in [3.8, 4) is 16.3 Å². The van der Waals surface area contributed by atoms with E-state index >= 15 is 0 Å². The molecule has 3 heterocycles. The van der Waals surface area contributed by atoms with Gasteiger partial charge in [0.05, 0.1) is 28.8 Å². The van der Waals surface area contributed by atoms with Gasteiger partial charge in [0.1, 0.15) is 10.8 Å². The molecule has 8 heteroatoms. The largest absolute Gasteiger partial charge is 0.503 e. The number of nitrogens with zero attached hydrogens (tertiary/aromatic N) is 2. The van der Waals surface area contributed by atoms with Gasteiger partial charge in [-0.25, -0.2) is 4.98 Å². The van der Waals surface area contributed by atoms with Gasteiger partial charge in [-0.1, -0.05) is 48.5 Å². The number of ether oxygens (including phenoxy) is 1. The van der Waals surface area contributed by atoms with Crippen LogP contribution in [0.5, 0.6) is 5.75 Å². The number of benzene rings is 3. The van der Waals surface area contributed by atoms with Crippen LogP contribution in [0, 0.1) is 6.92 Å². The highest BCUT2D eigenvalue weighted by atomic mass is 32.1. The Morgan fingerprint density at radius 3 is 2.51 bits per heavy atom. The average Bonchev–Trinajstić information content (AvgIpc) is 3.63. The van der Waals surface area contributed by atoms with E-state index in [9.17, 15) is 14.7 Å². The molecule has 7 nitrogen and oxygen atoms in total. The summed E-state index contributed by atoms with van der Waals surface area (Å²) in [6.45, 7) is 4.19. The fraction of sp³-hybridized carbons (Fsp3) is 0.129. The molecule has 0 saturated heterocycles. The molecule has 2 N–H and O–H groups in total. The monoisotopic (exact) mass is 535 g/mol. The molecule has 39 heavy (non-hydrogen) atoms. The Balaban J connectivity index is 1.49. The second-order valence-corrected chi connectivity index (χ2v) is 10.2. The van der Waals surface area contributed by atoms with E-state index in [0.717, 1.165) is 16.5 Å². The zero-order valence-corrected chi connectivity index (χ0v) is 22.2. The molecule has 1 atom stereocenters. The number of carbonyl (C=O) groups excluding carboxylic acids is 2. The molecule has 1 unspecified atom stereocenters. The molecule has 2 aromatic heterocycles. The number of fused-ring (bicyclic) bond motifs is 1. The third-order valence-electron chi connectivity index (χ3n) is 6.82. The summed E-state index contributed by atoms with van der Waals surface area (Å²) >= 11 is 1.26. The minimum atomic E-state index is -0.847. The second kappa shape index (κ2) is 9.89. The summed E-state index contributed by atoms with van der Waals surface area (Å²) < 4.78 is 5.57. The quantitative estimate of drug-likeness (QED) is 0.224. The predicted octanol–water partition coefficient (Wildman–Crippen LogP) is 6.78. The van der Waals surface area contributed by atoms with Crippen LogP contribution in [0.15, 0.2) is 96.4 Å². The molecule has 6 rings (SSSR count). The maximum atomic E-state index is 14.2. The molecular weight excluding hydrogens is 510 g/mol. The van der Waals surface area contributed by atoms with Crippen LogP contribution in [-0.4, -0.2) is 33.4 Å². The number of para-hydroxylation sites is 1. The molecule has 0 radical (unpaired) electrons. The van der Waals surface area contributed by atoms with Crippen LogP contribution in [0.1, 0.15) is 33.9 Å². The Morgan fingerprint density at radius 1 is 1.05 bits per heavy atom. The van der Waals surface area contributed by atoms with Gasteiger partial charge in [0.15, 0.2) is 5.76 Å². The summed E-state index contributed by atoms with van der Waals surface area (Å²) in [5.74, 6) is -0.943. The molecule has 194 valence electrons. The summed E-state index contributed by atoms with van der Waals surface area (Å²) in [7, 11) is 0. The number of carbonyl (C=O) groups is 2. The lowest BCUT2D eigenvalue weighted by Crippen LogP contribution is -2.31. The number of H-pyrrole nitrogens is 1. The van der Waals surface area contributed by atoms with E-state index in [0.29, 0.717) is 39.2 Å². The van der Waals surface area contributed by atoms with E-state index in [1.807, 2.05) is 61.5 Å². The number of amides is 1. The maximum absolute atomic E-state index is 14.2. The number of aromatic nitrogens is 2. The van der Waals surface area contributed by atoms with Gasteiger partial charge in [0.2, 0.25) is 5.78 Å². The number of hydrogen-bond donors (Lipinski definition) is 2. The van der Waals surface area contributed by atoms with E-state index in [1.165, 1.54) is 16.2 Å². The number of hydrogen-bond acceptors (Lipinski definition) is 6. The molecule has 0 saturated carbocycles. The van der Waals surface area contributed by atoms with Gasteiger partial charge in [0.25, 0.3) is 5.91 Å². The average molecular weight is 536 g/mol. The number of thiazole rings is 1. The van der Waals surface area contributed by atoms with Crippen molar-refractivity contribution < 1.29 is 19.4 Å². The normalized spacial score (nSPS) is 15.4. The van der Waals surface area contributed by atoms with Crippen molar-refractivity contribution in [3.05, 3.63) is 113 Å². The third kappa shape index (κ3) is 4.19. The smallest absolute Gasteiger partial charge is 0.294 e. The Bertz CT molecular complexity index is 1730. The lowest BCUT2D eigenvalue weighted by Gasteiger charge is -2.26. The zero-order valence-electron chi connectivity index (χ0n) is 21.3. The van der Waals surface area contributed by atoms with Crippen LogP contribution in [-0.2, 0) is 4.79 Å². The number of aryl methyl sites for hydroxylation is 1. The van der Waals surface area contributed by atoms with Crippen molar-refractivity contribution in [1.29, 1.82) is 0 Å². The van der Waals surface area contributed by atoms with E-state index < -0.39 is 23.5 Å². The minimum Gasteiger partial charge on any atom is -0.503 e. The fourth-order valence-corrected chi connectivity index (χ4v) is 6.05. The number of rotatable bonds is 7. The molecule has 1 aliphatic rings. The van der Waals surface area contributed by atoms with E-state index in [2.05, 4.69) is 9.97 Å². The molecule has 0 aliphatic carbocycles. The number of aromatic amines is 1. The SMILES string of the molecule is CCOc1ccc(N2C(=O)C(O)=C(C(=O)c3sc(-c4ccccc4)nc3C)C2c2c[nH]c3ccccc23)cc1. The summed E-state index contributed by atoms with van der Waals surface area (Å²) in [6, 6.07) is 23.5. The maximum Gasteiger partial charge on any atom is 0.294 e. The number of ketones is 1. The topological polar surface area (TPSA) is 95.5 Å². The molecule has 1 aliphatic heterocycles. The van der Waals surface area contributed by atoms with Crippen molar-refractivity contribution in [3.63, 3.8) is 0 Å². The van der Waals surface area contributed by atoms with Crippen LogP contribution in [0.3, 0.4) is 0 Å². The number of nitrogens with one attached hydrogen (secondary N) is 1. The van der Waals surface area contributed by atoms with Gasteiger partial charge in [-0.15, -0.1) is 11.3 Å². The van der Waals surface area contributed by atoms with Crippen molar-refractivity contribution in [2.45, 2.75) is 19.9 Å². The molecule has 0 fully saturated rings. The first-order valence-corrected chi connectivity index (χ1v) is 13.4. The van der Waals surface area contributed by atoms with Gasteiger partial charge in [-0.3, -0.25) is 14.5 Å². The van der Waals surface area contributed by atoms with Crippen molar-refractivity contribution in [2.24, 2.45) is 0 Å². The number of Topliss-reactive ketones (excluding diaryl/α,β-unsaturated/α-hetero) is 1. The predicted molar refractivity (Wildman–Crippen MR) is 152 cm³/mol. The standard InChI is InChI=1S/C31H25N3O4S/c1-3-38-21-15-13-20(14-16-21)34-26(23-17-32-24-12-8-7-11-22(23)24)25(28(36)31(34)37)27(35)29-18(2)33-30(39-29)19-9-5-4-6-10-19/h4-17,26,32,36H,3H2,1-2H3.